The van der Waals surface area contributed by atoms with Gasteiger partial charge in [0.2, 0.25) is 0 Å². The molecule has 0 saturated heterocycles. The third-order valence-electron chi connectivity index (χ3n) is 2.51. The molecule has 1 atom stereocenters. The molecule has 1 rings (SSSR count). The van der Waals surface area contributed by atoms with Gasteiger partial charge in [0.15, 0.2) is 0 Å². The highest BCUT2D eigenvalue weighted by Crippen LogP contribution is 2.16. The number of nitrogens with zero attached hydrogens (tertiary/aromatic N) is 2. The van der Waals surface area contributed by atoms with Crippen molar-refractivity contribution >= 4 is 11.6 Å². The van der Waals surface area contributed by atoms with Crippen molar-refractivity contribution < 1.29 is 0 Å². The SMILES string of the molecule is CCCC(CCl)CCc1cnn(C)c1. The zero-order valence-corrected chi connectivity index (χ0v) is 9.80. The topological polar surface area (TPSA) is 17.8 Å². The molecular weight excluding hydrogens is 196 g/mol. The van der Waals surface area contributed by atoms with Crippen LogP contribution in [0, 0.1) is 5.92 Å². The molecule has 0 aliphatic heterocycles. The average molecular weight is 215 g/mol. The third kappa shape index (κ3) is 3.70. The fourth-order valence-corrected chi connectivity index (χ4v) is 1.99. The molecule has 0 fully saturated rings. The van der Waals surface area contributed by atoms with E-state index in [1.807, 2.05) is 17.9 Å². The molecule has 0 amide bonds. The highest BCUT2D eigenvalue weighted by molar-refractivity contribution is 6.18. The molecule has 1 unspecified atom stereocenters. The van der Waals surface area contributed by atoms with E-state index in [0.29, 0.717) is 5.92 Å². The van der Waals surface area contributed by atoms with Gasteiger partial charge in [-0.3, -0.25) is 4.68 Å². The van der Waals surface area contributed by atoms with Crippen molar-refractivity contribution in [1.29, 1.82) is 0 Å². The zero-order chi connectivity index (χ0) is 10.4. The summed E-state index contributed by atoms with van der Waals surface area (Å²) < 4.78 is 1.85. The van der Waals surface area contributed by atoms with E-state index in [2.05, 4.69) is 18.2 Å². The Morgan fingerprint density at radius 1 is 1.50 bits per heavy atom. The lowest BCUT2D eigenvalue weighted by atomic mass is 9.98. The summed E-state index contributed by atoms with van der Waals surface area (Å²) in [6.45, 7) is 2.21. The summed E-state index contributed by atoms with van der Waals surface area (Å²) in [7, 11) is 1.95. The Morgan fingerprint density at radius 2 is 2.29 bits per heavy atom. The van der Waals surface area contributed by atoms with E-state index in [-0.39, 0.29) is 0 Å². The van der Waals surface area contributed by atoms with Gasteiger partial charge in [-0.15, -0.1) is 11.6 Å². The Balaban J connectivity index is 2.31. The van der Waals surface area contributed by atoms with Crippen LogP contribution in [-0.2, 0) is 13.5 Å². The van der Waals surface area contributed by atoms with Crippen LogP contribution >= 0.6 is 11.6 Å². The van der Waals surface area contributed by atoms with Crippen LogP contribution in [0.1, 0.15) is 31.7 Å². The number of hydrogen-bond acceptors (Lipinski definition) is 1. The van der Waals surface area contributed by atoms with Crippen LogP contribution in [0.15, 0.2) is 12.4 Å². The second-order valence-electron chi connectivity index (χ2n) is 3.87. The summed E-state index contributed by atoms with van der Waals surface area (Å²) in [5, 5.41) is 4.15. The maximum Gasteiger partial charge on any atom is 0.0521 e. The molecule has 14 heavy (non-hydrogen) atoms. The Kier molecular flexibility index (Phi) is 5.02. The van der Waals surface area contributed by atoms with Gasteiger partial charge in [0.05, 0.1) is 6.20 Å². The van der Waals surface area contributed by atoms with Gasteiger partial charge in [-0.25, -0.2) is 0 Å². The number of aromatic nitrogens is 2. The minimum atomic E-state index is 0.668. The van der Waals surface area contributed by atoms with Crippen molar-refractivity contribution in [1.82, 2.24) is 9.78 Å². The van der Waals surface area contributed by atoms with Crippen LogP contribution < -0.4 is 0 Å². The average Bonchev–Trinajstić information content (AvgIpc) is 2.59. The largest absolute Gasteiger partial charge is 0.276 e. The predicted octanol–water partition coefficient (Wildman–Crippen LogP) is 3.01. The highest BCUT2D eigenvalue weighted by atomic mass is 35.5. The molecule has 2 nitrogen and oxygen atoms in total. The van der Waals surface area contributed by atoms with Crippen molar-refractivity contribution in [3.63, 3.8) is 0 Å². The van der Waals surface area contributed by atoms with Gasteiger partial charge < -0.3 is 0 Å². The van der Waals surface area contributed by atoms with Gasteiger partial charge in [-0.2, -0.15) is 5.10 Å². The molecule has 80 valence electrons. The molecule has 0 aromatic carbocycles. The number of halogens is 1. The number of hydrogen-bond donors (Lipinski definition) is 0. The van der Waals surface area contributed by atoms with Crippen molar-refractivity contribution in [2.24, 2.45) is 13.0 Å². The van der Waals surface area contributed by atoms with E-state index in [4.69, 9.17) is 11.6 Å². The first-order chi connectivity index (χ1) is 6.76. The summed E-state index contributed by atoms with van der Waals surface area (Å²) in [6, 6.07) is 0. The first-order valence-electron chi connectivity index (χ1n) is 5.29. The van der Waals surface area contributed by atoms with Crippen molar-refractivity contribution in [3.8, 4) is 0 Å². The molecule has 1 heterocycles. The molecule has 0 saturated carbocycles. The molecule has 0 N–H and O–H groups in total. The lowest BCUT2D eigenvalue weighted by Gasteiger charge is -2.10. The van der Waals surface area contributed by atoms with E-state index in [1.165, 1.54) is 24.8 Å². The minimum absolute atomic E-state index is 0.668. The van der Waals surface area contributed by atoms with Gasteiger partial charge in [0.1, 0.15) is 0 Å². The highest BCUT2D eigenvalue weighted by Gasteiger charge is 2.06. The molecule has 0 aliphatic rings. The second-order valence-corrected chi connectivity index (χ2v) is 4.18. The van der Waals surface area contributed by atoms with Crippen molar-refractivity contribution in [2.75, 3.05) is 5.88 Å². The first-order valence-corrected chi connectivity index (χ1v) is 5.83. The summed E-state index contributed by atoms with van der Waals surface area (Å²) in [4.78, 5) is 0. The maximum absolute atomic E-state index is 5.90. The van der Waals surface area contributed by atoms with Crippen LogP contribution in [0.2, 0.25) is 0 Å². The van der Waals surface area contributed by atoms with E-state index in [0.717, 1.165) is 12.3 Å². The summed E-state index contributed by atoms with van der Waals surface area (Å²) >= 11 is 5.90. The van der Waals surface area contributed by atoms with Crippen LogP contribution in [0.3, 0.4) is 0 Å². The molecule has 0 spiro atoms. The Bertz CT molecular complexity index is 258. The van der Waals surface area contributed by atoms with Crippen LogP contribution in [0.25, 0.3) is 0 Å². The summed E-state index contributed by atoms with van der Waals surface area (Å²) in [5.74, 6) is 1.45. The van der Waals surface area contributed by atoms with E-state index < -0.39 is 0 Å². The molecule has 0 radical (unpaired) electrons. The molecule has 1 aromatic heterocycles. The Labute approximate surface area is 91.3 Å². The fourth-order valence-electron chi connectivity index (χ4n) is 1.68. The summed E-state index contributed by atoms with van der Waals surface area (Å²) in [5.41, 5.74) is 1.32. The lowest BCUT2D eigenvalue weighted by Crippen LogP contribution is -2.03. The maximum atomic E-state index is 5.90. The van der Waals surface area contributed by atoms with E-state index >= 15 is 0 Å². The van der Waals surface area contributed by atoms with Gasteiger partial charge in [-0.1, -0.05) is 13.3 Å². The van der Waals surface area contributed by atoms with Crippen LogP contribution in [0.4, 0.5) is 0 Å². The lowest BCUT2D eigenvalue weighted by molar-refractivity contribution is 0.492. The second kappa shape index (κ2) is 6.07. The fraction of sp³-hybridized carbons (Fsp3) is 0.727. The molecular formula is C11H19ClN2. The predicted molar refractivity (Wildman–Crippen MR) is 60.6 cm³/mol. The van der Waals surface area contributed by atoms with Crippen LogP contribution in [0.5, 0.6) is 0 Å². The van der Waals surface area contributed by atoms with Crippen molar-refractivity contribution in [3.05, 3.63) is 18.0 Å². The van der Waals surface area contributed by atoms with Gasteiger partial charge >= 0.3 is 0 Å². The number of aryl methyl sites for hydroxylation is 2. The number of alkyl halides is 1. The van der Waals surface area contributed by atoms with E-state index in [9.17, 15) is 0 Å². The molecule has 3 heteroatoms. The quantitative estimate of drug-likeness (QED) is 0.666. The number of rotatable bonds is 6. The van der Waals surface area contributed by atoms with Gasteiger partial charge in [-0.05, 0) is 30.7 Å². The zero-order valence-electron chi connectivity index (χ0n) is 9.04. The monoisotopic (exact) mass is 214 g/mol. The Morgan fingerprint density at radius 3 is 2.79 bits per heavy atom. The summed E-state index contributed by atoms with van der Waals surface area (Å²) in [6.07, 6.45) is 8.77. The minimum Gasteiger partial charge on any atom is -0.276 e. The smallest absolute Gasteiger partial charge is 0.0521 e. The molecule has 0 aliphatic carbocycles. The van der Waals surface area contributed by atoms with Crippen molar-refractivity contribution in [2.45, 2.75) is 32.6 Å². The van der Waals surface area contributed by atoms with Crippen LogP contribution in [-0.4, -0.2) is 15.7 Å². The molecule has 0 bridgehead atoms. The van der Waals surface area contributed by atoms with E-state index in [1.54, 1.807) is 0 Å². The van der Waals surface area contributed by atoms with Gasteiger partial charge in [0.25, 0.3) is 0 Å². The first kappa shape index (κ1) is 11.6. The normalized spacial score (nSPS) is 13.1. The molecule has 1 aromatic rings. The third-order valence-corrected chi connectivity index (χ3v) is 2.95. The van der Waals surface area contributed by atoms with Gasteiger partial charge in [0, 0.05) is 19.1 Å². The Hall–Kier alpha value is -0.500. The standard InChI is InChI=1S/C11H19ClN2/c1-3-4-10(7-12)5-6-11-8-13-14(2)9-11/h8-10H,3-7H2,1-2H3.